The fourth-order valence-electron chi connectivity index (χ4n) is 0.655. The molecule has 0 rings (SSSR count). The van der Waals surface area contributed by atoms with Gasteiger partial charge >= 0.3 is 5.97 Å². The maximum atomic E-state index is 10.4. The molecule has 0 aromatic heterocycles. The van der Waals surface area contributed by atoms with E-state index in [1.165, 1.54) is 0 Å². The minimum atomic E-state index is -0.858. The van der Waals surface area contributed by atoms with Gasteiger partial charge in [0.05, 0.1) is 0 Å². The Hall–Kier alpha value is -0.610. The van der Waals surface area contributed by atoms with Crippen LogP contribution in [0.3, 0.4) is 0 Å². The molecule has 0 aromatic rings. The van der Waals surface area contributed by atoms with E-state index in [0.717, 1.165) is 0 Å². The average Bonchev–Trinajstić information content (AvgIpc) is 1.87. The van der Waals surface area contributed by atoms with Crippen LogP contribution in [0.4, 0.5) is 0 Å². The molecular weight excluding hydrogens is 132 g/mol. The molecule has 3 N–H and O–H groups in total. The predicted octanol–water partition coefficient (Wildman–Crippen LogP) is -0.384. The number of carboxylic acids is 1. The maximum absolute atomic E-state index is 10.4. The summed E-state index contributed by atoms with van der Waals surface area (Å²) in [4.78, 5) is 10.4. The van der Waals surface area contributed by atoms with Gasteiger partial charge in [-0.2, -0.15) is 0 Å². The molecule has 0 atom stereocenters. The Morgan fingerprint density at radius 3 is 2.00 bits per heavy atom. The van der Waals surface area contributed by atoms with E-state index in [4.69, 9.17) is 5.11 Å². The summed E-state index contributed by atoms with van der Waals surface area (Å²) in [6.45, 7) is 5.05. The lowest BCUT2D eigenvalue weighted by molar-refractivity contribution is -0.140. The van der Waals surface area contributed by atoms with Crippen LogP contribution in [-0.4, -0.2) is 30.3 Å². The van der Waals surface area contributed by atoms with Gasteiger partial charge in [-0.3, -0.25) is 10.6 Å². The summed E-state index contributed by atoms with van der Waals surface area (Å²) in [7, 11) is 0. The third kappa shape index (κ3) is 3.42. The van der Waals surface area contributed by atoms with Crippen molar-refractivity contribution in [2.75, 3.05) is 13.1 Å². The Labute approximate surface area is 60.6 Å². The Morgan fingerprint density at radius 2 is 1.80 bits per heavy atom. The lowest BCUT2D eigenvalue weighted by Crippen LogP contribution is -2.48. The van der Waals surface area contributed by atoms with E-state index < -0.39 is 12.1 Å². The van der Waals surface area contributed by atoms with Crippen molar-refractivity contribution in [3.63, 3.8) is 0 Å². The van der Waals surface area contributed by atoms with Crippen molar-refractivity contribution in [2.45, 2.75) is 20.0 Å². The van der Waals surface area contributed by atoms with Gasteiger partial charge in [-0.05, 0) is 13.1 Å². The molecule has 0 aliphatic heterocycles. The minimum absolute atomic E-state index is 0.602. The highest BCUT2D eigenvalue weighted by Crippen LogP contribution is 1.76. The van der Waals surface area contributed by atoms with Gasteiger partial charge in [0.15, 0.2) is 6.17 Å². The summed E-state index contributed by atoms with van der Waals surface area (Å²) in [5, 5.41) is 14.1. The third-order valence-corrected chi connectivity index (χ3v) is 1.06. The van der Waals surface area contributed by atoms with Crippen LogP contribution in [0.25, 0.3) is 0 Å². The van der Waals surface area contributed by atoms with Crippen LogP contribution < -0.4 is 10.6 Å². The highest BCUT2D eigenvalue weighted by molar-refractivity contribution is 5.72. The van der Waals surface area contributed by atoms with Gasteiger partial charge in [0.2, 0.25) is 0 Å². The first-order valence-corrected chi connectivity index (χ1v) is 3.42. The van der Waals surface area contributed by atoms with E-state index in [2.05, 4.69) is 10.6 Å². The lowest BCUT2D eigenvalue weighted by Gasteiger charge is -2.12. The summed E-state index contributed by atoms with van der Waals surface area (Å²) in [6.07, 6.45) is -0.602. The van der Waals surface area contributed by atoms with Gasteiger partial charge < -0.3 is 5.11 Å². The van der Waals surface area contributed by atoms with Crippen molar-refractivity contribution in [3.8, 4) is 0 Å². The maximum Gasteiger partial charge on any atom is 0.335 e. The van der Waals surface area contributed by atoms with Gasteiger partial charge in [0, 0.05) is 0 Å². The molecule has 0 bridgehead atoms. The Balaban J connectivity index is 3.61. The summed E-state index contributed by atoms with van der Waals surface area (Å²) in [5.41, 5.74) is 0. The molecule has 60 valence electrons. The van der Waals surface area contributed by atoms with E-state index in [9.17, 15) is 4.79 Å². The molecular formula is C6H14N2O2. The second-order valence-electron chi connectivity index (χ2n) is 1.89. The molecule has 0 heterocycles. The molecule has 4 nitrogen and oxygen atoms in total. The molecule has 0 spiro atoms. The Morgan fingerprint density at radius 1 is 1.40 bits per heavy atom. The molecule has 0 aromatic carbocycles. The van der Waals surface area contributed by atoms with Crippen LogP contribution in [-0.2, 0) is 4.79 Å². The number of rotatable bonds is 5. The van der Waals surface area contributed by atoms with Crippen molar-refractivity contribution in [3.05, 3.63) is 0 Å². The third-order valence-electron chi connectivity index (χ3n) is 1.06. The van der Waals surface area contributed by atoms with E-state index >= 15 is 0 Å². The summed E-state index contributed by atoms with van der Waals surface area (Å²) in [6, 6.07) is 0. The number of aliphatic carboxylic acids is 1. The first-order chi connectivity index (χ1) is 4.72. The fraction of sp³-hybridized carbons (Fsp3) is 0.833. The molecule has 0 saturated heterocycles. The predicted molar refractivity (Wildman–Crippen MR) is 38.8 cm³/mol. The fourth-order valence-corrected chi connectivity index (χ4v) is 0.655. The molecule has 0 radical (unpaired) electrons. The van der Waals surface area contributed by atoms with Gasteiger partial charge in [-0.1, -0.05) is 13.8 Å². The van der Waals surface area contributed by atoms with Crippen molar-refractivity contribution in [2.24, 2.45) is 0 Å². The van der Waals surface area contributed by atoms with Crippen molar-refractivity contribution < 1.29 is 9.90 Å². The quantitative estimate of drug-likeness (QED) is 0.462. The van der Waals surface area contributed by atoms with Crippen LogP contribution in [0.5, 0.6) is 0 Å². The topological polar surface area (TPSA) is 61.4 Å². The van der Waals surface area contributed by atoms with E-state index in [1.54, 1.807) is 0 Å². The molecule has 0 aliphatic carbocycles. The zero-order valence-corrected chi connectivity index (χ0v) is 6.35. The van der Waals surface area contributed by atoms with E-state index in [0.29, 0.717) is 13.1 Å². The van der Waals surface area contributed by atoms with Gasteiger partial charge in [0.1, 0.15) is 0 Å². The monoisotopic (exact) mass is 146 g/mol. The second-order valence-corrected chi connectivity index (χ2v) is 1.89. The molecule has 0 saturated carbocycles. The summed E-state index contributed by atoms with van der Waals surface area (Å²) >= 11 is 0. The number of hydrogen-bond acceptors (Lipinski definition) is 3. The second kappa shape index (κ2) is 5.20. The Bertz CT molecular complexity index is 99.9. The zero-order chi connectivity index (χ0) is 7.98. The van der Waals surface area contributed by atoms with E-state index in [1.807, 2.05) is 13.8 Å². The molecule has 10 heavy (non-hydrogen) atoms. The SMILES string of the molecule is CCNC(NCC)C(=O)O. The van der Waals surface area contributed by atoms with Crippen LogP contribution in [0.2, 0.25) is 0 Å². The average molecular weight is 146 g/mol. The highest BCUT2D eigenvalue weighted by Gasteiger charge is 2.12. The van der Waals surface area contributed by atoms with Gasteiger partial charge in [0.25, 0.3) is 0 Å². The first kappa shape index (κ1) is 9.39. The number of carboxylic acid groups (broad SMARTS) is 1. The normalized spacial score (nSPS) is 10.3. The largest absolute Gasteiger partial charge is 0.479 e. The smallest absolute Gasteiger partial charge is 0.335 e. The molecule has 0 aliphatic rings. The number of likely N-dealkylation sites (N-methyl/N-ethyl adjacent to an activating group) is 2. The standard InChI is InChI=1S/C6H14N2O2/c1-3-7-5(6(9)10)8-4-2/h5,7-8H,3-4H2,1-2H3,(H,9,10). The molecule has 0 unspecified atom stereocenters. The van der Waals surface area contributed by atoms with Crippen molar-refractivity contribution in [1.82, 2.24) is 10.6 Å². The minimum Gasteiger partial charge on any atom is -0.479 e. The van der Waals surface area contributed by atoms with Crippen LogP contribution in [0, 0.1) is 0 Å². The lowest BCUT2D eigenvalue weighted by atomic mass is 10.4. The summed E-state index contributed by atoms with van der Waals surface area (Å²) < 4.78 is 0. The van der Waals surface area contributed by atoms with E-state index in [-0.39, 0.29) is 0 Å². The molecule has 0 amide bonds. The molecule has 4 heteroatoms. The van der Waals surface area contributed by atoms with Crippen LogP contribution in [0.15, 0.2) is 0 Å². The van der Waals surface area contributed by atoms with Crippen molar-refractivity contribution >= 4 is 5.97 Å². The van der Waals surface area contributed by atoms with Gasteiger partial charge in [-0.25, -0.2) is 4.79 Å². The Kier molecular flexibility index (Phi) is 4.88. The molecule has 0 fully saturated rings. The first-order valence-electron chi connectivity index (χ1n) is 3.42. The summed E-state index contributed by atoms with van der Waals surface area (Å²) in [5.74, 6) is -0.858. The number of nitrogens with one attached hydrogen (secondary N) is 2. The van der Waals surface area contributed by atoms with Crippen LogP contribution >= 0.6 is 0 Å². The number of carbonyl (C=O) groups is 1. The number of hydrogen-bond donors (Lipinski definition) is 3. The van der Waals surface area contributed by atoms with Crippen molar-refractivity contribution in [1.29, 1.82) is 0 Å². The van der Waals surface area contributed by atoms with Crippen LogP contribution in [0.1, 0.15) is 13.8 Å². The zero-order valence-electron chi connectivity index (χ0n) is 6.35. The highest BCUT2D eigenvalue weighted by atomic mass is 16.4. The van der Waals surface area contributed by atoms with Gasteiger partial charge in [-0.15, -0.1) is 0 Å².